The second-order valence-electron chi connectivity index (χ2n) is 7.01. The van der Waals surface area contributed by atoms with E-state index >= 15 is 0 Å². The van der Waals surface area contributed by atoms with Crippen molar-refractivity contribution in [1.82, 2.24) is 5.32 Å². The minimum atomic E-state index is 0.345. The Bertz CT molecular complexity index is 391. The molecule has 2 atom stereocenters. The normalized spacial score (nSPS) is 14.8. The fourth-order valence-corrected chi connectivity index (χ4v) is 2.33. The Morgan fingerprint density at radius 2 is 1.71 bits per heavy atom. The Balaban J connectivity index is 2.80. The van der Waals surface area contributed by atoms with Gasteiger partial charge in [0, 0.05) is 6.04 Å². The molecule has 1 N–H and O–H groups in total. The fraction of sp³-hybridized carbons (Fsp3) is 0.684. The van der Waals surface area contributed by atoms with E-state index in [1.807, 2.05) is 6.92 Å². The van der Waals surface area contributed by atoms with Gasteiger partial charge in [0.15, 0.2) is 0 Å². The molecule has 0 aliphatic carbocycles. The third-order valence-corrected chi connectivity index (χ3v) is 4.30. The van der Waals surface area contributed by atoms with E-state index in [0.29, 0.717) is 17.4 Å². The molecule has 1 rings (SSSR count). The van der Waals surface area contributed by atoms with Gasteiger partial charge in [-0.3, -0.25) is 0 Å². The van der Waals surface area contributed by atoms with Gasteiger partial charge in [-0.05, 0) is 55.3 Å². The first-order valence-electron chi connectivity index (χ1n) is 8.34. The number of hydrogen-bond acceptors (Lipinski definition) is 2. The summed E-state index contributed by atoms with van der Waals surface area (Å²) in [6.45, 7) is 15.4. The summed E-state index contributed by atoms with van der Waals surface area (Å²) in [5.74, 6) is 1.62. The Hall–Kier alpha value is -1.02. The summed E-state index contributed by atoms with van der Waals surface area (Å²) in [6, 6.07) is 9.00. The van der Waals surface area contributed by atoms with Crippen LogP contribution in [0.4, 0.5) is 0 Å². The summed E-state index contributed by atoms with van der Waals surface area (Å²) in [7, 11) is 0. The van der Waals surface area contributed by atoms with Gasteiger partial charge in [-0.2, -0.15) is 0 Å². The quantitative estimate of drug-likeness (QED) is 0.711. The van der Waals surface area contributed by atoms with E-state index in [9.17, 15) is 0 Å². The van der Waals surface area contributed by atoms with Crippen LogP contribution in [0, 0.1) is 11.3 Å². The van der Waals surface area contributed by atoms with Gasteiger partial charge in [-0.15, -0.1) is 0 Å². The summed E-state index contributed by atoms with van der Waals surface area (Å²) < 4.78 is 5.54. The highest BCUT2D eigenvalue weighted by atomic mass is 16.5. The molecule has 120 valence electrons. The standard InChI is InChI=1S/C19H33NO/c1-7-13-20-18(14-15(3)19(4,5)6)16-9-11-17(12-10-16)21-8-2/h9-12,15,18,20H,7-8,13-14H2,1-6H3. The molecule has 0 saturated carbocycles. The van der Waals surface area contributed by atoms with Crippen LogP contribution >= 0.6 is 0 Å². The highest BCUT2D eigenvalue weighted by molar-refractivity contribution is 5.29. The number of rotatable bonds is 8. The van der Waals surface area contributed by atoms with Crippen LogP contribution in [0.15, 0.2) is 24.3 Å². The van der Waals surface area contributed by atoms with Crippen molar-refractivity contribution >= 4 is 0 Å². The largest absolute Gasteiger partial charge is 0.494 e. The molecule has 0 saturated heterocycles. The number of ether oxygens (including phenoxy) is 1. The molecule has 2 heteroatoms. The Labute approximate surface area is 131 Å². The van der Waals surface area contributed by atoms with Crippen molar-refractivity contribution in [2.24, 2.45) is 11.3 Å². The lowest BCUT2D eigenvalue weighted by Gasteiger charge is -2.31. The van der Waals surface area contributed by atoms with Crippen molar-refractivity contribution < 1.29 is 4.74 Å². The van der Waals surface area contributed by atoms with Crippen LogP contribution in [0.3, 0.4) is 0 Å². The topological polar surface area (TPSA) is 21.3 Å². The van der Waals surface area contributed by atoms with Crippen molar-refractivity contribution in [3.63, 3.8) is 0 Å². The SMILES string of the molecule is CCCNC(CC(C)C(C)(C)C)c1ccc(OCC)cc1. The van der Waals surface area contributed by atoms with E-state index in [1.165, 1.54) is 5.56 Å². The van der Waals surface area contributed by atoms with Gasteiger partial charge in [0.1, 0.15) is 5.75 Å². The molecular weight excluding hydrogens is 258 g/mol. The monoisotopic (exact) mass is 291 g/mol. The van der Waals surface area contributed by atoms with Gasteiger partial charge < -0.3 is 10.1 Å². The zero-order valence-electron chi connectivity index (χ0n) is 14.7. The van der Waals surface area contributed by atoms with Crippen LogP contribution in [0.25, 0.3) is 0 Å². The molecule has 1 aromatic carbocycles. The zero-order valence-corrected chi connectivity index (χ0v) is 14.7. The van der Waals surface area contributed by atoms with Crippen LogP contribution < -0.4 is 10.1 Å². The van der Waals surface area contributed by atoms with Crippen LogP contribution in [0.1, 0.15) is 66.0 Å². The molecule has 1 aromatic rings. The second-order valence-corrected chi connectivity index (χ2v) is 7.01. The van der Waals surface area contributed by atoms with Crippen LogP contribution in [-0.2, 0) is 0 Å². The van der Waals surface area contributed by atoms with Crippen molar-refractivity contribution in [2.75, 3.05) is 13.2 Å². The lowest BCUT2D eigenvalue weighted by atomic mass is 9.77. The Morgan fingerprint density at radius 3 is 2.19 bits per heavy atom. The third kappa shape index (κ3) is 6.09. The van der Waals surface area contributed by atoms with Gasteiger partial charge in [0.05, 0.1) is 6.61 Å². The van der Waals surface area contributed by atoms with E-state index in [0.717, 1.165) is 31.7 Å². The van der Waals surface area contributed by atoms with E-state index in [2.05, 4.69) is 64.2 Å². The summed E-state index contributed by atoms with van der Waals surface area (Å²) >= 11 is 0. The first-order valence-corrected chi connectivity index (χ1v) is 8.34. The third-order valence-electron chi connectivity index (χ3n) is 4.30. The van der Waals surface area contributed by atoms with Crippen molar-refractivity contribution in [1.29, 1.82) is 0 Å². The van der Waals surface area contributed by atoms with E-state index in [-0.39, 0.29) is 0 Å². The van der Waals surface area contributed by atoms with Gasteiger partial charge in [0.2, 0.25) is 0 Å². The maximum Gasteiger partial charge on any atom is 0.119 e. The minimum Gasteiger partial charge on any atom is -0.494 e. The van der Waals surface area contributed by atoms with E-state index < -0.39 is 0 Å². The van der Waals surface area contributed by atoms with Crippen LogP contribution in [0.2, 0.25) is 0 Å². The average molecular weight is 291 g/mol. The van der Waals surface area contributed by atoms with Crippen LogP contribution in [-0.4, -0.2) is 13.2 Å². The van der Waals surface area contributed by atoms with Crippen molar-refractivity contribution in [3.8, 4) is 5.75 Å². The first-order chi connectivity index (χ1) is 9.88. The lowest BCUT2D eigenvalue weighted by Crippen LogP contribution is -2.28. The molecule has 0 heterocycles. The summed E-state index contributed by atoms with van der Waals surface area (Å²) in [5, 5.41) is 3.70. The predicted octanol–water partition coefficient (Wildman–Crippen LogP) is 5.20. The van der Waals surface area contributed by atoms with Gasteiger partial charge >= 0.3 is 0 Å². The maximum absolute atomic E-state index is 5.54. The lowest BCUT2D eigenvalue weighted by molar-refractivity contribution is 0.223. The number of hydrogen-bond donors (Lipinski definition) is 1. The van der Waals surface area contributed by atoms with Gasteiger partial charge in [-0.1, -0.05) is 46.8 Å². The van der Waals surface area contributed by atoms with Gasteiger partial charge in [0.25, 0.3) is 0 Å². The molecule has 0 radical (unpaired) electrons. The average Bonchev–Trinajstić information content (AvgIpc) is 2.43. The molecule has 21 heavy (non-hydrogen) atoms. The molecule has 0 bridgehead atoms. The van der Waals surface area contributed by atoms with Crippen LogP contribution in [0.5, 0.6) is 5.75 Å². The second kappa shape index (κ2) is 8.43. The number of nitrogens with one attached hydrogen (secondary N) is 1. The zero-order chi connectivity index (χ0) is 15.9. The minimum absolute atomic E-state index is 0.345. The van der Waals surface area contributed by atoms with Gasteiger partial charge in [-0.25, -0.2) is 0 Å². The molecule has 0 spiro atoms. The molecule has 0 aliphatic heterocycles. The summed E-state index contributed by atoms with van der Waals surface area (Å²) in [4.78, 5) is 0. The summed E-state index contributed by atoms with van der Waals surface area (Å²) in [6.07, 6.45) is 2.33. The molecule has 0 fully saturated rings. The smallest absolute Gasteiger partial charge is 0.119 e. The molecule has 2 nitrogen and oxygen atoms in total. The summed E-state index contributed by atoms with van der Waals surface area (Å²) in [5.41, 5.74) is 1.71. The van der Waals surface area contributed by atoms with Crippen molar-refractivity contribution in [3.05, 3.63) is 29.8 Å². The molecule has 2 unspecified atom stereocenters. The molecule has 0 aliphatic rings. The highest BCUT2D eigenvalue weighted by Crippen LogP contribution is 2.33. The van der Waals surface area contributed by atoms with Crippen molar-refractivity contribution in [2.45, 2.75) is 60.4 Å². The van der Waals surface area contributed by atoms with E-state index in [4.69, 9.17) is 4.74 Å². The maximum atomic E-state index is 5.54. The fourth-order valence-electron chi connectivity index (χ4n) is 2.33. The first kappa shape index (κ1) is 18.0. The highest BCUT2D eigenvalue weighted by Gasteiger charge is 2.24. The Morgan fingerprint density at radius 1 is 1.10 bits per heavy atom. The molecule has 0 amide bonds. The van der Waals surface area contributed by atoms with E-state index in [1.54, 1.807) is 0 Å². The Kier molecular flexibility index (Phi) is 7.24. The molecular formula is C19H33NO. The predicted molar refractivity (Wildman–Crippen MR) is 91.9 cm³/mol. The molecule has 0 aromatic heterocycles. The number of benzene rings is 1.